The first-order valence-electron chi connectivity index (χ1n) is 37.7. The summed E-state index contributed by atoms with van der Waals surface area (Å²) in [5.41, 5.74) is 0. The summed E-state index contributed by atoms with van der Waals surface area (Å²) in [5.74, 6) is -0.898. The Balaban J connectivity index is 4.21. The van der Waals surface area contributed by atoms with Crippen LogP contribution in [0.5, 0.6) is 0 Å². The second-order valence-corrected chi connectivity index (χ2v) is 26.6. The van der Waals surface area contributed by atoms with Crippen molar-refractivity contribution in [3.8, 4) is 0 Å². The van der Waals surface area contributed by atoms with Gasteiger partial charge in [0.15, 0.2) is 6.10 Å². The molecule has 0 aromatic carbocycles. The molecule has 0 aliphatic carbocycles. The van der Waals surface area contributed by atoms with Gasteiger partial charge in [-0.3, -0.25) is 14.2 Å². The van der Waals surface area contributed by atoms with E-state index in [0.717, 1.165) is 173 Å². The van der Waals surface area contributed by atoms with Gasteiger partial charge in [0.05, 0.1) is 27.7 Å². The lowest BCUT2D eigenvalue weighted by atomic mass is 10.1. The second-order valence-electron chi connectivity index (χ2n) is 25.2. The summed E-state index contributed by atoms with van der Waals surface area (Å²) in [4.78, 5) is 38.1. The topological polar surface area (TPSA) is 111 Å². The molecular weight excluding hydrogens is 1230 g/mol. The molecule has 0 N–H and O–H groups in total. The number of likely N-dealkylation sites (N-methyl/N-ethyl adjacent to an activating group) is 1. The van der Waals surface area contributed by atoms with Gasteiger partial charge in [0.1, 0.15) is 19.8 Å². The first-order chi connectivity index (χ1) is 48.0. The molecule has 0 aliphatic heterocycles. The van der Waals surface area contributed by atoms with Crippen LogP contribution >= 0.6 is 7.82 Å². The number of carbonyl (C=O) groups is 2. The van der Waals surface area contributed by atoms with Gasteiger partial charge >= 0.3 is 11.9 Å². The molecule has 0 spiro atoms. The summed E-state index contributed by atoms with van der Waals surface area (Å²) < 4.78 is 34.3. The van der Waals surface area contributed by atoms with E-state index in [1.54, 1.807) is 0 Å². The van der Waals surface area contributed by atoms with Crippen LogP contribution in [0.15, 0.2) is 243 Å². The van der Waals surface area contributed by atoms with E-state index in [4.69, 9.17) is 18.5 Å². The van der Waals surface area contributed by atoms with Gasteiger partial charge in [0.2, 0.25) is 0 Å². The molecule has 0 saturated carbocycles. The van der Waals surface area contributed by atoms with E-state index in [1.165, 1.54) is 32.1 Å². The molecule has 0 rings (SSSR count). The van der Waals surface area contributed by atoms with Gasteiger partial charge < -0.3 is 27.9 Å². The fraction of sp³-hybridized carbons (Fsp3) is 0.523. The monoisotopic (exact) mass is 1370 g/mol. The van der Waals surface area contributed by atoms with Crippen LogP contribution in [0, 0.1) is 0 Å². The fourth-order valence-corrected chi connectivity index (χ4v) is 9.91. The zero-order chi connectivity index (χ0) is 71.1. The molecule has 0 aromatic rings. The number of esters is 2. The van der Waals surface area contributed by atoms with Crippen LogP contribution in [0.25, 0.3) is 0 Å². The summed E-state index contributed by atoms with van der Waals surface area (Å²) in [6.45, 7) is 3.93. The molecular formula is C88H136NO8P. The van der Waals surface area contributed by atoms with Crippen molar-refractivity contribution in [2.45, 2.75) is 251 Å². The number of phosphoric ester groups is 1. The first-order valence-corrected chi connectivity index (χ1v) is 39.2. The van der Waals surface area contributed by atoms with E-state index >= 15 is 0 Å². The van der Waals surface area contributed by atoms with Crippen molar-refractivity contribution in [1.29, 1.82) is 0 Å². The van der Waals surface area contributed by atoms with Crippen molar-refractivity contribution in [1.82, 2.24) is 0 Å². The van der Waals surface area contributed by atoms with Crippen molar-refractivity contribution in [3.63, 3.8) is 0 Å². The Bertz CT molecular complexity index is 2560. The largest absolute Gasteiger partial charge is 0.756 e. The molecule has 2 atom stereocenters. The number of nitrogens with zero attached hydrogens (tertiary/aromatic N) is 1. The summed E-state index contributed by atoms with van der Waals surface area (Å²) >= 11 is 0. The van der Waals surface area contributed by atoms with Gasteiger partial charge in [-0.05, 0) is 167 Å². The molecule has 0 radical (unpaired) electrons. The lowest BCUT2D eigenvalue weighted by Gasteiger charge is -2.28. The first kappa shape index (κ1) is 91.8. The van der Waals surface area contributed by atoms with Crippen molar-refractivity contribution in [3.05, 3.63) is 243 Å². The summed E-state index contributed by atoms with van der Waals surface area (Å²) in [7, 11) is 1.10. The normalized spacial score (nSPS) is 14.5. The number of hydrogen-bond acceptors (Lipinski definition) is 8. The average molecular weight is 1370 g/mol. The molecule has 10 heteroatoms. The van der Waals surface area contributed by atoms with Gasteiger partial charge in [-0.1, -0.05) is 308 Å². The van der Waals surface area contributed by atoms with E-state index in [1.807, 2.05) is 21.1 Å². The number of unbranched alkanes of at least 4 members (excludes halogenated alkanes) is 12. The van der Waals surface area contributed by atoms with Crippen molar-refractivity contribution < 1.29 is 42.1 Å². The molecule has 0 bridgehead atoms. The molecule has 0 heterocycles. The highest BCUT2D eigenvalue weighted by atomic mass is 31.2. The predicted octanol–water partition coefficient (Wildman–Crippen LogP) is 24.9. The van der Waals surface area contributed by atoms with E-state index in [0.29, 0.717) is 23.9 Å². The molecule has 0 saturated heterocycles. The quantitative estimate of drug-likeness (QED) is 0.0195. The average Bonchev–Trinajstić information content (AvgIpc) is 1.08. The van der Waals surface area contributed by atoms with Crippen LogP contribution in [0.3, 0.4) is 0 Å². The smallest absolute Gasteiger partial charge is 0.306 e. The lowest BCUT2D eigenvalue weighted by molar-refractivity contribution is -0.870. The van der Waals surface area contributed by atoms with Crippen LogP contribution in [-0.2, 0) is 32.7 Å². The maximum Gasteiger partial charge on any atom is 0.306 e. The van der Waals surface area contributed by atoms with Crippen molar-refractivity contribution in [2.24, 2.45) is 0 Å². The fourth-order valence-electron chi connectivity index (χ4n) is 9.18. The van der Waals surface area contributed by atoms with Crippen LogP contribution in [0.4, 0.5) is 0 Å². The number of allylic oxidation sites excluding steroid dienone is 40. The maximum atomic E-state index is 12.9. The Morgan fingerprint density at radius 1 is 0.316 bits per heavy atom. The highest BCUT2D eigenvalue weighted by molar-refractivity contribution is 7.45. The molecule has 0 amide bonds. The van der Waals surface area contributed by atoms with Crippen molar-refractivity contribution >= 4 is 19.8 Å². The number of ether oxygens (including phenoxy) is 2. The summed E-state index contributed by atoms with van der Waals surface area (Å²) in [6, 6.07) is 0. The Kier molecular flexibility index (Phi) is 70.3. The van der Waals surface area contributed by atoms with Crippen LogP contribution in [0.1, 0.15) is 245 Å². The Labute approximate surface area is 600 Å². The second kappa shape index (κ2) is 75.0. The Morgan fingerprint density at radius 2 is 0.551 bits per heavy atom. The summed E-state index contributed by atoms with van der Waals surface area (Å²) in [6.07, 6.45) is 122. The molecule has 546 valence electrons. The van der Waals surface area contributed by atoms with Gasteiger partial charge in [-0.2, -0.15) is 0 Å². The minimum Gasteiger partial charge on any atom is -0.756 e. The van der Waals surface area contributed by atoms with E-state index in [-0.39, 0.29) is 26.1 Å². The Morgan fingerprint density at radius 3 is 0.827 bits per heavy atom. The standard InChI is InChI=1S/C88H136NO8P/c1-6-8-10-12-14-16-18-20-22-24-26-28-30-32-34-36-38-40-42-44-46-48-50-52-54-56-58-60-62-64-66-68-70-72-74-76-78-80-87(90)94-84-86(85-96-98(92,93)95-83-82-89(3,4)5)97-88(91)81-79-77-75-73-71-69-67-65-63-61-59-57-55-53-51-49-47-45-43-41-39-37-35-33-31-29-27-25-23-21-19-17-15-13-11-9-7-2/h8-11,14-17,20-23,26-29,32-35,38-41,44-47,50-53,56-59,63,65,69,71,86H,6-7,12-13,18-19,24-25,30-31,36-37,42-43,48-49,54-55,60-62,64,66-68,70,72-85H2,1-5H3/b10-8-,11-9-,16-14-,17-15-,22-20-,23-21-,28-26-,29-27-,34-32-,35-33-,40-38-,41-39-,46-44-,47-45-,52-50-,53-51-,58-56-,59-57-,65-63-,71-69-. The molecule has 0 aliphatic rings. The third-order valence-electron chi connectivity index (χ3n) is 14.9. The minimum absolute atomic E-state index is 0.0524. The number of quaternary nitrogens is 1. The third kappa shape index (κ3) is 78.8. The highest BCUT2D eigenvalue weighted by Crippen LogP contribution is 2.38. The minimum atomic E-state index is -4.68. The van der Waals surface area contributed by atoms with E-state index in [2.05, 4.69) is 257 Å². The van der Waals surface area contributed by atoms with E-state index < -0.39 is 32.5 Å². The zero-order valence-corrected chi connectivity index (χ0v) is 63.0. The summed E-state index contributed by atoms with van der Waals surface area (Å²) in [5, 5.41) is 0. The number of phosphoric acid groups is 1. The van der Waals surface area contributed by atoms with Crippen LogP contribution in [-0.4, -0.2) is 70.0 Å². The SMILES string of the molecule is CC/C=C\C/C=C\C/C=C\C/C=C\C/C=C\C/C=C\C/C=C\C/C=C\C/C=C\C/C=C\C/C=C\CCCCCC(=O)OC(COC(=O)CCCCCCCCCCC/C=C\C/C=C\C/C=C\C/C=C\C/C=C\C/C=C\C/C=C\C/C=C\C/C=C\CC)COP(=O)([O-])OCC[N+](C)(C)C. The highest BCUT2D eigenvalue weighted by Gasteiger charge is 2.22. The van der Waals surface area contributed by atoms with Gasteiger partial charge in [0, 0.05) is 12.8 Å². The number of hydrogen-bond donors (Lipinski definition) is 0. The van der Waals surface area contributed by atoms with Crippen LogP contribution < -0.4 is 4.89 Å². The lowest BCUT2D eigenvalue weighted by Crippen LogP contribution is -2.37. The Hall–Kier alpha value is -6.19. The molecule has 0 fully saturated rings. The number of carbonyl (C=O) groups excluding carboxylic acids is 2. The molecule has 9 nitrogen and oxygen atoms in total. The molecule has 98 heavy (non-hydrogen) atoms. The maximum absolute atomic E-state index is 12.9. The van der Waals surface area contributed by atoms with E-state index in [9.17, 15) is 19.0 Å². The number of rotatable bonds is 66. The zero-order valence-electron chi connectivity index (χ0n) is 62.1. The third-order valence-corrected chi connectivity index (χ3v) is 15.8. The molecule has 0 aromatic heterocycles. The van der Waals surface area contributed by atoms with Gasteiger partial charge in [-0.15, -0.1) is 0 Å². The van der Waals surface area contributed by atoms with Crippen LogP contribution in [0.2, 0.25) is 0 Å². The van der Waals surface area contributed by atoms with Gasteiger partial charge in [-0.25, -0.2) is 0 Å². The van der Waals surface area contributed by atoms with Crippen molar-refractivity contribution in [2.75, 3.05) is 47.5 Å². The molecule has 2 unspecified atom stereocenters. The van der Waals surface area contributed by atoms with Gasteiger partial charge in [0.25, 0.3) is 7.82 Å². The predicted molar refractivity (Wildman–Crippen MR) is 424 cm³/mol.